The van der Waals surface area contributed by atoms with Gasteiger partial charge in [-0.2, -0.15) is 0 Å². The predicted octanol–water partition coefficient (Wildman–Crippen LogP) is 4.53. The lowest BCUT2D eigenvalue weighted by molar-refractivity contribution is 0.103. The maximum Gasteiger partial charge on any atom is 0.213 e. The van der Waals surface area contributed by atoms with Gasteiger partial charge in [0.25, 0.3) is 0 Å². The van der Waals surface area contributed by atoms with Crippen LogP contribution in [0.25, 0.3) is 22.0 Å². The Balaban J connectivity index is 1.93. The second-order valence-corrected chi connectivity index (χ2v) is 5.50. The first-order valence-electron chi connectivity index (χ1n) is 7.75. The third-order valence-corrected chi connectivity index (χ3v) is 3.99. The third-order valence-electron chi connectivity index (χ3n) is 3.99. The number of hydrogen-bond acceptors (Lipinski definition) is 3. The van der Waals surface area contributed by atoms with E-state index in [2.05, 4.69) is 10.2 Å². The summed E-state index contributed by atoms with van der Waals surface area (Å²) < 4.78 is 0. The minimum atomic E-state index is -0.112. The maximum absolute atomic E-state index is 12.8. The van der Waals surface area contributed by atoms with Crippen molar-refractivity contribution in [1.82, 2.24) is 10.2 Å². The van der Waals surface area contributed by atoms with E-state index in [0.29, 0.717) is 11.3 Å². The van der Waals surface area contributed by atoms with Crippen molar-refractivity contribution in [2.75, 3.05) is 0 Å². The fraction of sp³-hybridized carbons (Fsp3) is 0. The van der Waals surface area contributed by atoms with E-state index < -0.39 is 0 Å². The van der Waals surface area contributed by atoms with Gasteiger partial charge in [0.05, 0.1) is 0 Å². The van der Waals surface area contributed by atoms with Crippen LogP contribution in [0.4, 0.5) is 0 Å². The Morgan fingerprint density at radius 2 is 1.21 bits per heavy atom. The van der Waals surface area contributed by atoms with Crippen molar-refractivity contribution in [3.63, 3.8) is 0 Å². The monoisotopic (exact) mass is 310 g/mol. The molecule has 1 aromatic heterocycles. The summed E-state index contributed by atoms with van der Waals surface area (Å²) in [5.41, 5.74) is 2.77. The lowest BCUT2D eigenvalue weighted by atomic mass is 10.00. The van der Waals surface area contributed by atoms with E-state index in [4.69, 9.17) is 0 Å². The van der Waals surface area contributed by atoms with Crippen molar-refractivity contribution < 1.29 is 4.79 Å². The lowest BCUT2D eigenvalue weighted by Crippen LogP contribution is -2.07. The first kappa shape index (κ1) is 14.3. The largest absolute Gasteiger partial charge is 0.287 e. The zero-order chi connectivity index (χ0) is 16.4. The molecule has 0 fully saturated rings. The topological polar surface area (TPSA) is 42.9 Å². The molecule has 0 unspecified atom stereocenters. The molecular formula is C21H14N2O. The molecule has 3 aromatic carbocycles. The number of rotatable bonds is 3. The Morgan fingerprint density at radius 1 is 0.625 bits per heavy atom. The molecule has 0 saturated heterocycles. The Labute approximate surface area is 139 Å². The van der Waals surface area contributed by atoms with Crippen LogP contribution in [-0.4, -0.2) is 16.0 Å². The lowest BCUT2D eigenvalue weighted by Gasteiger charge is -2.09. The fourth-order valence-electron chi connectivity index (χ4n) is 2.81. The van der Waals surface area contributed by atoms with Gasteiger partial charge in [0.1, 0.15) is 11.4 Å². The Hall–Kier alpha value is -3.33. The molecular weight excluding hydrogens is 296 g/mol. The van der Waals surface area contributed by atoms with Gasteiger partial charge in [-0.1, -0.05) is 84.9 Å². The van der Waals surface area contributed by atoms with Crippen LogP contribution >= 0.6 is 0 Å². The average Bonchev–Trinajstić information content (AvgIpc) is 2.68. The molecule has 1 heterocycles. The van der Waals surface area contributed by atoms with Crippen molar-refractivity contribution in [3.05, 3.63) is 96.2 Å². The molecule has 0 N–H and O–H groups in total. The van der Waals surface area contributed by atoms with Crippen LogP contribution in [-0.2, 0) is 0 Å². The summed E-state index contributed by atoms with van der Waals surface area (Å²) in [6.07, 6.45) is 0. The number of benzene rings is 3. The summed E-state index contributed by atoms with van der Waals surface area (Å²) >= 11 is 0. The molecule has 0 aliphatic rings. The van der Waals surface area contributed by atoms with Crippen molar-refractivity contribution in [1.29, 1.82) is 0 Å². The van der Waals surface area contributed by atoms with Gasteiger partial charge in [0.2, 0.25) is 5.78 Å². The van der Waals surface area contributed by atoms with Crippen molar-refractivity contribution >= 4 is 16.6 Å². The number of carbonyl (C=O) groups is 1. The summed E-state index contributed by atoms with van der Waals surface area (Å²) in [6.45, 7) is 0. The molecule has 0 amide bonds. The number of nitrogens with zero attached hydrogens (tertiary/aromatic N) is 2. The average molecular weight is 310 g/mol. The van der Waals surface area contributed by atoms with Crippen molar-refractivity contribution in [2.24, 2.45) is 0 Å². The number of hydrogen-bond donors (Lipinski definition) is 0. The van der Waals surface area contributed by atoms with E-state index >= 15 is 0 Å². The molecule has 0 aliphatic heterocycles. The number of carbonyl (C=O) groups excluding carboxylic acids is 1. The molecule has 4 aromatic rings. The van der Waals surface area contributed by atoms with Gasteiger partial charge in [-0.15, -0.1) is 10.2 Å². The first-order valence-corrected chi connectivity index (χ1v) is 7.75. The number of aromatic nitrogens is 2. The van der Waals surface area contributed by atoms with Crippen LogP contribution < -0.4 is 0 Å². The Kier molecular flexibility index (Phi) is 3.60. The number of fused-ring (bicyclic) bond motifs is 1. The molecule has 24 heavy (non-hydrogen) atoms. The number of ketones is 1. The highest BCUT2D eigenvalue weighted by atomic mass is 16.1. The minimum absolute atomic E-state index is 0.112. The SMILES string of the molecule is O=C(c1ccccc1)c1nnc(-c2ccccc2)c2ccccc12. The molecule has 0 bridgehead atoms. The zero-order valence-electron chi connectivity index (χ0n) is 12.9. The summed E-state index contributed by atoms with van der Waals surface area (Å²) in [4.78, 5) is 12.8. The highest BCUT2D eigenvalue weighted by Gasteiger charge is 2.17. The van der Waals surface area contributed by atoms with Gasteiger partial charge >= 0.3 is 0 Å². The third kappa shape index (κ3) is 2.46. The first-order chi connectivity index (χ1) is 11.8. The molecule has 0 radical (unpaired) electrons. The van der Waals surface area contributed by atoms with Crippen LogP contribution in [0.15, 0.2) is 84.9 Å². The van der Waals surface area contributed by atoms with Crippen molar-refractivity contribution in [2.45, 2.75) is 0 Å². The minimum Gasteiger partial charge on any atom is -0.287 e. The van der Waals surface area contributed by atoms with Gasteiger partial charge in [-0.05, 0) is 0 Å². The highest BCUT2D eigenvalue weighted by Crippen LogP contribution is 2.28. The maximum atomic E-state index is 12.8. The Morgan fingerprint density at radius 3 is 1.92 bits per heavy atom. The zero-order valence-corrected chi connectivity index (χ0v) is 12.9. The summed E-state index contributed by atoms with van der Waals surface area (Å²) in [5, 5.41) is 10.4. The van der Waals surface area contributed by atoms with Crippen LogP contribution in [0.3, 0.4) is 0 Å². The smallest absolute Gasteiger partial charge is 0.213 e. The van der Waals surface area contributed by atoms with E-state index in [1.807, 2.05) is 72.8 Å². The molecule has 0 atom stereocenters. The van der Waals surface area contributed by atoms with Crippen LogP contribution in [0.5, 0.6) is 0 Å². The molecule has 3 nitrogen and oxygen atoms in total. The normalized spacial score (nSPS) is 10.7. The van der Waals surface area contributed by atoms with Gasteiger partial charge in [-0.3, -0.25) is 4.79 Å². The molecule has 4 rings (SSSR count). The van der Waals surface area contributed by atoms with E-state index in [1.165, 1.54) is 0 Å². The molecule has 0 aliphatic carbocycles. The van der Waals surface area contributed by atoms with Gasteiger partial charge < -0.3 is 0 Å². The summed E-state index contributed by atoms with van der Waals surface area (Å²) in [7, 11) is 0. The van der Waals surface area contributed by atoms with Gasteiger partial charge in [0, 0.05) is 21.9 Å². The standard InChI is InChI=1S/C21H14N2O/c24-21(16-11-5-2-6-12-16)20-18-14-8-7-13-17(18)19(22-23-20)15-9-3-1-4-10-15/h1-14H. The van der Waals surface area contributed by atoms with Crippen LogP contribution in [0.2, 0.25) is 0 Å². The predicted molar refractivity (Wildman–Crippen MR) is 94.8 cm³/mol. The highest BCUT2D eigenvalue weighted by molar-refractivity contribution is 6.16. The van der Waals surface area contributed by atoms with Crippen LogP contribution in [0.1, 0.15) is 16.1 Å². The summed E-state index contributed by atoms with van der Waals surface area (Å²) in [5.74, 6) is -0.112. The quantitative estimate of drug-likeness (QED) is 0.522. The molecule has 0 spiro atoms. The van der Waals surface area contributed by atoms with Gasteiger partial charge in [-0.25, -0.2) is 0 Å². The summed E-state index contributed by atoms with van der Waals surface area (Å²) in [6, 6.07) is 26.8. The van der Waals surface area contributed by atoms with E-state index in [0.717, 1.165) is 22.0 Å². The van der Waals surface area contributed by atoms with E-state index in [1.54, 1.807) is 12.1 Å². The second-order valence-electron chi connectivity index (χ2n) is 5.50. The molecule has 114 valence electrons. The fourth-order valence-corrected chi connectivity index (χ4v) is 2.81. The van der Waals surface area contributed by atoms with E-state index in [9.17, 15) is 4.79 Å². The van der Waals surface area contributed by atoms with E-state index in [-0.39, 0.29) is 5.78 Å². The second kappa shape index (κ2) is 6.05. The molecule has 0 saturated carbocycles. The van der Waals surface area contributed by atoms with Crippen molar-refractivity contribution in [3.8, 4) is 11.3 Å². The molecule has 3 heteroatoms. The van der Waals surface area contributed by atoms with Crippen LogP contribution in [0, 0.1) is 0 Å². The Bertz CT molecular complexity index is 1010. The van der Waals surface area contributed by atoms with Gasteiger partial charge in [0.15, 0.2) is 0 Å².